The molecule has 0 amide bonds. The maximum absolute atomic E-state index is 12.3. The van der Waals surface area contributed by atoms with Crippen molar-refractivity contribution in [3.63, 3.8) is 0 Å². The Hall–Kier alpha value is -0.360. The fourth-order valence-corrected chi connectivity index (χ4v) is 1.30. The molecule has 60 valence electrons. The molecular weight excluding hydrogens is 260 g/mol. The van der Waals surface area contributed by atoms with Gasteiger partial charge in [-0.1, -0.05) is 12.1 Å². The number of benzene rings is 1. The molecule has 0 fully saturated rings. The van der Waals surface area contributed by atoms with E-state index >= 15 is 0 Å². The van der Waals surface area contributed by atoms with Gasteiger partial charge < -0.3 is 0 Å². The van der Waals surface area contributed by atoms with Crippen LogP contribution in [-0.4, -0.2) is 0 Å². The Balaban J connectivity index is 2.58. The van der Waals surface area contributed by atoms with Crippen LogP contribution in [0.5, 0.6) is 0 Å². The van der Waals surface area contributed by atoms with Crippen LogP contribution < -0.4 is 3.53 Å². The minimum absolute atomic E-state index is 0.245. The van der Waals surface area contributed by atoms with E-state index in [1.807, 2.05) is 0 Å². The molecule has 0 aliphatic heterocycles. The number of halogens is 2. The molecule has 0 saturated heterocycles. The molecule has 0 spiro atoms. The zero-order valence-electron chi connectivity index (χ0n) is 5.68. The fourth-order valence-electron chi connectivity index (χ4n) is 0.707. The predicted octanol–water partition coefficient (Wildman–Crippen LogP) is 2.15. The largest absolute Gasteiger partial charge is 0.252 e. The molecule has 0 heterocycles. The molecule has 1 N–H and O–H groups in total. The van der Waals surface area contributed by atoms with E-state index in [1.165, 1.54) is 12.1 Å². The quantitative estimate of drug-likeness (QED) is 0.671. The Morgan fingerprint density at radius 3 is 2.55 bits per heavy atom. The zero-order valence-corrected chi connectivity index (χ0v) is 7.84. The summed E-state index contributed by atoms with van der Waals surface area (Å²) in [6.07, 6.45) is 0. The van der Waals surface area contributed by atoms with Gasteiger partial charge in [0.1, 0.15) is 5.82 Å². The van der Waals surface area contributed by atoms with E-state index in [0.717, 1.165) is 5.56 Å². The van der Waals surface area contributed by atoms with Gasteiger partial charge >= 0.3 is 0 Å². The topological polar surface area (TPSA) is 29.1 Å². The molecule has 0 atom stereocenters. The Labute approximate surface area is 74.8 Å². The van der Waals surface area contributed by atoms with Gasteiger partial charge in [0, 0.05) is 6.54 Å². The van der Waals surface area contributed by atoms with Gasteiger partial charge in [-0.2, -0.15) is 0 Å². The van der Waals surface area contributed by atoms with E-state index in [1.54, 1.807) is 12.1 Å². The lowest BCUT2D eigenvalue weighted by Gasteiger charge is -1.95. The van der Waals surface area contributed by atoms with Crippen molar-refractivity contribution < 1.29 is 7.46 Å². The van der Waals surface area contributed by atoms with Crippen LogP contribution in [-0.2, 0) is 9.61 Å². The number of nitrogens with one attached hydrogen (secondary N) is 1. The predicted molar refractivity (Wildman–Crippen MR) is 47.9 cm³/mol. The summed E-state index contributed by atoms with van der Waals surface area (Å²) in [4.78, 5) is 0. The standard InChI is InChI=1S/C7H7FINO/c8-7-3-1-6(2-4-7)5-10-9-11/h1-4H,5H2,(H,10,11). The van der Waals surface area contributed by atoms with Crippen LogP contribution in [0, 0.1) is 5.82 Å². The van der Waals surface area contributed by atoms with Crippen molar-refractivity contribution in [3.05, 3.63) is 35.6 Å². The van der Waals surface area contributed by atoms with Gasteiger partial charge in [0.25, 0.3) is 0 Å². The van der Waals surface area contributed by atoms with Crippen molar-refractivity contribution in [1.29, 1.82) is 0 Å². The van der Waals surface area contributed by atoms with E-state index in [4.69, 9.17) is 0 Å². The minimum atomic E-state index is -1.12. The highest BCUT2D eigenvalue weighted by molar-refractivity contribution is 14.1. The summed E-state index contributed by atoms with van der Waals surface area (Å²) in [6, 6.07) is 6.11. The molecule has 1 rings (SSSR count). The summed E-state index contributed by atoms with van der Waals surface area (Å²) >= 11 is -1.12. The fraction of sp³-hybridized carbons (Fsp3) is 0.143. The van der Waals surface area contributed by atoms with Crippen molar-refractivity contribution >= 4 is 21.5 Å². The van der Waals surface area contributed by atoms with Gasteiger partial charge in [-0.15, -0.1) is 0 Å². The van der Waals surface area contributed by atoms with Gasteiger partial charge in [0.2, 0.25) is 21.5 Å². The van der Waals surface area contributed by atoms with Crippen LogP contribution in [0.3, 0.4) is 0 Å². The number of rotatable bonds is 3. The molecule has 0 aromatic heterocycles. The van der Waals surface area contributed by atoms with Crippen molar-refractivity contribution in [2.45, 2.75) is 6.54 Å². The highest BCUT2D eigenvalue weighted by Gasteiger charge is 1.91. The third-order valence-electron chi connectivity index (χ3n) is 1.24. The van der Waals surface area contributed by atoms with Crippen molar-refractivity contribution in [2.24, 2.45) is 0 Å². The molecule has 0 radical (unpaired) electrons. The summed E-state index contributed by atoms with van der Waals surface area (Å²) in [5, 5.41) is 0. The van der Waals surface area contributed by atoms with Gasteiger partial charge in [-0.05, 0) is 17.7 Å². The van der Waals surface area contributed by atoms with Gasteiger partial charge in [0.05, 0.1) is 0 Å². The van der Waals surface area contributed by atoms with Crippen LogP contribution >= 0.6 is 21.5 Å². The molecule has 0 aliphatic carbocycles. The molecule has 4 heteroatoms. The molecule has 2 nitrogen and oxygen atoms in total. The molecule has 11 heavy (non-hydrogen) atoms. The third kappa shape index (κ3) is 3.02. The molecule has 0 aliphatic rings. The van der Waals surface area contributed by atoms with Crippen LogP contribution in [0.15, 0.2) is 24.3 Å². The van der Waals surface area contributed by atoms with E-state index in [9.17, 15) is 7.46 Å². The normalized spacial score (nSPS) is 9.91. The Bertz CT molecular complexity index is 237. The summed E-state index contributed by atoms with van der Waals surface area (Å²) in [7, 11) is 0. The highest BCUT2D eigenvalue weighted by atomic mass is 127. The SMILES string of the molecule is O=INCc1ccc(F)cc1. The lowest BCUT2D eigenvalue weighted by molar-refractivity contribution is 0.627. The average Bonchev–Trinajstić information content (AvgIpc) is 2.04. The Kier molecular flexibility index (Phi) is 3.58. The number of hydrogen-bond acceptors (Lipinski definition) is 1. The highest BCUT2D eigenvalue weighted by Crippen LogP contribution is 2.02. The first-order valence-corrected chi connectivity index (χ1v) is 5.02. The molecule has 1 aromatic rings. The van der Waals surface area contributed by atoms with Crippen molar-refractivity contribution in [1.82, 2.24) is 3.53 Å². The molecular formula is C7H7FINO. The minimum Gasteiger partial charge on any atom is -0.252 e. The monoisotopic (exact) mass is 267 g/mol. The second kappa shape index (κ2) is 4.50. The Morgan fingerprint density at radius 2 is 2.00 bits per heavy atom. The molecule has 0 saturated carbocycles. The maximum atomic E-state index is 12.3. The maximum Gasteiger partial charge on any atom is 0.237 e. The average molecular weight is 267 g/mol. The van der Waals surface area contributed by atoms with Crippen LogP contribution in [0.25, 0.3) is 0 Å². The molecule has 1 aromatic carbocycles. The van der Waals surface area contributed by atoms with Crippen molar-refractivity contribution in [2.75, 3.05) is 0 Å². The lowest BCUT2D eigenvalue weighted by atomic mass is 10.2. The van der Waals surface area contributed by atoms with E-state index < -0.39 is 21.5 Å². The second-order valence-corrected chi connectivity index (χ2v) is 3.22. The van der Waals surface area contributed by atoms with E-state index in [2.05, 4.69) is 3.53 Å². The van der Waals surface area contributed by atoms with Crippen LogP contribution in [0.2, 0.25) is 0 Å². The summed E-state index contributed by atoms with van der Waals surface area (Å²) < 4.78 is 25.1. The number of hydrogen-bond donors (Lipinski definition) is 1. The van der Waals surface area contributed by atoms with Crippen molar-refractivity contribution in [3.8, 4) is 0 Å². The van der Waals surface area contributed by atoms with Gasteiger partial charge in [-0.3, -0.25) is 3.07 Å². The summed E-state index contributed by atoms with van der Waals surface area (Å²) in [5.74, 6) is -0.245. The van der Waals surface area contributed by atoms with Crippen LogP contribution in [0.4, 0.5) is 4.39 Å². The first-order chi connectivity index (χ1) is 5.33. The van der Waals surface area contributed by atoms with Gasteiger partial charge in [-0.25, -0.2) is 7.92 Å². The Morgan fingerprint density at radius 1 is 1.36 bits per heavy atom. The third-order valence-corrected chi connectivity index (χ3v) is 1.93. The lowest BCUT2D eigenvalue weighted by Crippen LogP contribution is -1.97. The van der Waals surface area contributed by atoms with E-state index in [-0.39, 0.29) is 5.82 Å². The first kappa shape index (κ1) is 8.73. The van der Waals surface area contributed by atoms with E-state index in [0.29, 0.717) is 6.54 Å². The van der Waals surface area contributed by atoms with Gasteiger partial charge in [0.15, 0.2) is 0 Å². The summed E-state index contributed by atoms with van der Waals surface area (Å²) in [6.45, 7) is 0.553. The molecule has 0 unspecified atom stereocenters. The second-order valence-electron chi connectivity index (χ2n) is 2.01. The smallest absolute Gasteiger partial charge is 0.237 e. The zero-order chi connectivity index (χ0) is 8.10. The summed E-state index contributed by atoms with van der Waals surface area (Å²) in [5.41, 5.74) is 0.946. The first-order valence-electron chi connectivity index (χ1n) is 3.06. The molecule has 0 bridgehead atoms. The van der Waals surface area contributed by atoms with Crippen LogP contribution in [0.1, 0.15) is 5.56 Å².